The number of hydrogen-bond acceptors (Lipinski definition) is 4. The van der Waals surface area contributed by atoms with Crippen molar-refractivity contribution in [1.82, 2.24) is 9.88 Å². The first-order valence-corrected chi connectivity index (χ1v) is 8.30. The summed E-state index contributed by atoms with van der Waals surface area (Å²) in [5, 5.41) is 5.64. The maximum absolute atomic E-state index is 13.7. The minimum atomic E-state index is -1.26. The number of benzene rings is 1. The van der Waals surface area contributed by atoms with Crippen molar-refractivity contribution in [3.05, 3.63) is 53.3 Å². The van der Waals surface area contributed by atoms with Gasteiger partial charge in [-0.3, -0.25) is 4.79 Å². The Bertz CT molecular complexity index is 784. The van der Waals surface area contributed by atoms with E-state index in [1.165, 1.54) is 6.07 Å². The normalized spacial score (nSPS) is 15.7. The first kappa shape index (κ1) is 18.2. The Morgan fingerprint density at radius 2 is 1.73 bits per heavy atom. The Morgan fingerprint density at radius 1 is 1.12 bits per heavy atom. The number of rotatable bonds is 4. The molecule has 0 unspecified atom stereocenters. The number of carbonyl (C=O) groups is 1. The first-order chi connectivity index (χ1) is 12.4. The molecule has 2 heterocycles. The predicted molar refractivity (Wildman–Crippen MR) is 92.6 cm³/mol. The molecule has 3 rings (SSSR count). The van der Waals surface area contributed by atoms with Gasteiger partial charge in [0.1, 0.15) is 34.7 Å². The van der Waals surface area contributed by atoms with Crippen molar-refractivity contribution in [1.29, 1.82) is 0 Å². The van der Waals surface area contributed by atoms with Gasteiger partial charge in [0.25, 0.3) is 5.91 Å². The molecule has 0 atom stereocenters. The monoisotopic (exact) mass is 364 g/mol. The van der Waals surface area contributed by atoms with E-state index in [-0.39, 0.29) is 11.9 Å². The second-order valence-corrected chi connectivity index (χ2v) is 6.33. The van der Waals surface area contributed by atoms with Crippen LogP contribution >= 0.6 is 0 Å². The lowest BCUT2D eigenvalue weighted by Crippen LogP contribution is -2.36. The second kappa shape index (κ2) is 7.74. The van der Waals surface area contributed by atoms with Crippen LogP contribution in [0.15, 0.2) is 30.3 Å². The van der Waals surface area contributed by atoms with Crippen molar-refractivity contribution < 1.29 is 18.0 Å². The van der Waals surface area contributed by atoms with E-state index in [0.717, 1.165) is 25.9 Å². The lowest BCUT2D eigenvalue weighted by atomic mass is 10.1. The molecule has 0 aliphatic carbocycles. The van der Waals surface area contributed by atoms with Crippen molar-refractivity contribution in [3.63, 3.8) is 0 Å². The Hall–Kier alpha value is -2.61. The maximum atomic E-state index is 13.7. The van der Waals surface area contributed by atoms with Gasteiger partial charge in [0.05, 0.1) is 0 Å². The highest BCUT2D eigenvalue weighted by atomic mass is 19.1. The molecular formula is C18H19F3N4O. The van der Waals surface area contributed by atoms with Crippen molar-refractivity contribution in [2.45, 2.75) is 18.9 Å². The zero-order valence-corrected chi connectivity index (χ0v) is 14.2. The number of anilines is 2. The van der Waals surface area contributed by atoms with Crippen LogP contribution in [-0.4, -0.2) is 42.0 Å². The Labute approximate surface area is 149 Å². The maximum Gasteiger partial charge on any atom is 0.262 e. The third-order valence-corrected chi connectivity index (χ3v) is 4.30. The molecule has 1 amide bonds. The van der Waals surface area contributed by atoms with Gasteiger partial charge in [-0.25, -0.2) is 18.2 Å². The lowest BCUT2D eigenvalue weighted by Gasteiger charge is -2.29. The fourth-order valence-corrected chi connectivity index (χ4v) is 2.88. The van der Waals surface area contributed by atoms with Crippen molar-refractivity contribution in [3.8, 4) is 0 Å². The number of nitrogens with zero attached hydrogens (tertiary/aromatic N) is 2. The summed E-state index contributed by atoms with van der Waals surface area (Å²) >= 11 is 0. The molecule has 0 radical (unpaired) electrons. The topological polar surface area (TPSA) is 57.3 Å². The molecule has 0 spiro atoms. The molecule has 26 heavy (non-hydrogen) atoms. The number of pyridine rings is 1. The fourth-order valence-electron chi connectivity index (χ4n) is 2.88. The summed E-state index contributed by atoms with van der Waals surface area (Å²) in [7, 11) is 2.07. The molecule has 1 aliphatic heterocycles. The number of amides is 1. The summed E-state index contributed by atoms with van der Waals surface area (Å²) in [4.78, 5) is 18.6. The molecule has 5 nitrogen and oxygen atoms in total. The summed E-state index contributed by atoms with van der Waals surface area (Å²) in [5.41, 5.74) is -0.845. The molecule has 2 aromatic rings. The highest BCUT2D eigenvalue weighted by Gasteiger charge is 2.20. The first-order valence-electron chi connectivity index (χ1n) is 8.30. The van der Waals surface area contributed by atoms with Crippen LogP contribution in [0.25, 0.3) is 0 Å². The second-order valence-electron chi connectivity index (χ2n) is 6.33. The van der Waals surface area contributed by atoms with Crippen molar-refractivity contribution in [2.24, 2.45) is 0 Å². The minimum Gasteiger partial charge on any atom is -0.367 e. The Kier molecular flexibility index (Phi) is 5.41. The SMILES string of the molecule is CN1CCC(Nc2cccc(NC(=O)c3c(F)cc(F)cc3F)n2)CC1. The lowest BCUT2D eigenvalue weighted by molar-refractivity contribution is 0.101. The number of likely N-dealkylation sites (tertiary alicyclic amines) is 1. The third kappa shape index (κ3) is 4.32. The standard InChI is InChI=1S/C18H19F3N4O/c1-25-7-5-12(6-8-25)22-15-3-2-4-16(23-15)24-18(26)17-13(20)9-11(19)10-14(17)21/h2-4,9-10,12H,5-8H2,1H3,(H2,22,23,24,26). The zero-order chi connectivity index (χ0) is 18.7. The summed E-state index contributed by atoms with van der Waals surface area (Å²) in [5.74, 6) is -3.92. The van der Waals surface area contributed by atoms with E-state index < -0.39 is 28.9 Å². The van der Waals surface area contributed by atoms with Gasteiger partial charge in [-0.05, 0) is 45.1 Å². The molecule has 8 heteroatoms. The van der Waals surface area contributed by atoms with Crippen molar-refractivity contribution in [2.75, 3.05) is 30.8 Å². The number of aromatic nitrogens is 1. The molecule has 2 N–H and O–H groups in total. The number of nitrogens with one attached hydrogen (secondary N) is 2. The summed E-state index contributed by atoms with van der Waals surface area (Å²) in [6, 6.07) is 6.14. The van der Waals surface area contributed by atoms with Crippen LogP contribution in [0.4, 0.5) is 24.8 Å². The van der Waals surface area contributed by atoms with Crippen LogP contribution in [0.2, 0.25) is 0 Å². The third-order valence-electron chi connectivity index (χ3n) is 4.30. The number of carbonyl (C=O) groups excluding carboxylic acids is 1. The fraction of sp³-hybridized carbons (Fsp3) is 0.333. The smallest absolute Gasteiger partial charge is 0.262 e. The number of piperidine rings is 1. The molecule has 1 aliphatic rings. The molecule has 1 saturated heterocycles. The van der Waals surface area contributed by atoms with Crippen LogP contribution in [-0.2, 0) is 0 Å². The minimum absolute atomic E-state index is 0.149. The molecule has 1 fully saturated rings. The number of halogens is 3. The molecule has 138 valence electrons. The van der Waals surface area contributed by atoms with E-state index in [2.05, 4.69) is 27.6 Å². The zero-order valence-electron chi connectivity index (χ0n) is 14.2. The molecule has 1 aromatic heterocycles. The van der Waals surface area contributed by atoms with E-state index in [0.29, 0.717) is 18.0 Å². The predicted octanol–water partition coefficient (Wildman–Crippen LogP) is 3.26. The molecule has 1 aromatic carbocycles. The average Bonchev–Trinajstić information content (AvgIpc) is 2.56. The quantitative estimate of drug-likeness (QED) is 0.874. The van der Waals surface area contributed by atoms with Gasteiger partial charge in [-0.2, -0.15) is 0 Å². The van der Waals surface area contributed by atoms with Gasteiger partial charge in [0.15, 0.2) is 0 Å². The molecule has 0 saturated carbocycles. The van der Waals surface area contributed by atoms with E-state index in [1.54, 1.807) is 12.1 Å². The van der Waals surface area contributed by atoms with Crippen LogP contribution in [0, 0.1) is 17.5 Å². The van der Waals surface area contributed by atoms with E-state index in [4.69, 9.17) is 0 Å². The highest BCUT2D eigenvalue weighted by Crippen LogP contribution is 2.19. The van der Waals surface area contributed by atoms with Gasteiger partial charge in [0, 0.05) is 18.2 Å². The molecular weight excluding hydrogens is 345 g/mol. The van der Waals surface area contributed by atoms with Gasteiger partial charge < -0.3 is 15.5 Å². The van der Waals surface area contributed by atoms with Gasteiger partial charge in [-0.15, -0.1) is 0 Å². The largest absolute Gasteiger partial charge is 0.367 e. The highest BCUT2D eigenvalue weighted by molar-refractivity contribution is 6.04. The van der Waals surface area contributed by atoms with Gasteiger partial charge in [-0.1, -0.05) is 6.07 Å². The summed E-state index contributed by atoms with van der Waals surface area (Å²) in [6.45, 7) is 1.97. The summed E-state index contributed by atoms with van der Waals surface area (Å²) < 4.78 is 40.4. The molecule has 0 bridgehead atoms. The van der Waals surface area contributed by atoms with E-state index >= 15 is 0 Å². The Balaban J connectivity index is 1.70. The van der Waals surface area contributed by atoms with E-state index in [1.807, 2.05) is 0 Å². The van der Waals surface area contributed by atoms with Gasteiger partial charge >= 0.3 is 0 Å². The van der Waals surface area contributed by atoms with Crippen LogP contribution in [0.3, 0.4) is 0 Å². The van der Waals surface area contributed by atoms with Crippen LogP contribution in [0.1, 0.15) is 23.2 Å². The van der Waals surface area contributed by atoms with Crippen LogP contribution < -0.4 is 10.6 Å². The van der Waals surface area contributed by atoms with Gasteiger partial charge in [0.2, 0.25) is 0 Å². The van der Waals surface area contributed by atoms with Crippen molar-refractivity contribution >= 4 is 17.5 Å². The number of hydrogen-bond donors (Lipinski definition) is 2. The average molecular weight is 364 g/mol. The summed E-state index contributed by atoms with van der Waals surface area (Å²) in [6.07, 6.45) is 1.95. The van der Waals surface area contributed by atoms with E-state index in [9.17, 15) is 18.0 Å². The Morgan fingerprint density at radius 3 is 2.38 bits per heavy atom. The van der Waals surface area contributed by atoms with Crippen LogP contribution in [0.5, 0.6) is 0 Å².